The number of amides is 4. The van der Waals surface area contributed by atoms with Crippen LogP contribution in [0.3, 0.4) is 0 Å². The Morgan fingerprint density at radius 2 is 0.962 bits per heavy atom. The molecule has 398 valence electrons. The standard InChI is InChI=1S/C37H33FN4O3.C24H23FN4O3.CH4/c1-40-19-21-41(22-20-40)36(43)31-29-13-8-18-39-33(29)35(45-34(26-9-4-2-5-10-26)27-11-6-3-7-12-27)32-30(31)24-42(37(32)44)23-25-14-16-28(38)17-15-25;1-27-9-11-28(12-10-27)23(31)19-17-3-2-8-26-21(17)22(30)20-18(19)14-29(24(20)32)13-15-4-6-16(25)7-5-15;/h2-18,34H,19-24H2,1H3;2-8,30H,9-14H2,1H3;1H4. The maximum absolute atomic E-state index is 14.4. The number of halogens is 2. The van der Waals surface area contributed by atoms with Crippen LogP contribution >= 0.6 is 0 Å². The fourth-order valence-electron chi connectivity index (χ4n) is 10.8. The number of carbonyl (C=O) groups is 4. The summed E-state index contributed by atoms with van der Waals surface area (Å²) in [5, 5.41) is 12.1. The molecule has 0 unspecified atom stereocenters. The van der Waals surface area contributed by atoms with Gasteiger partial charge in [-0.25, -0.2) is 8.78 Å². The van der Waals surface area contributed by atoms with Crippen molar-refractivity contribution < 1.29 is 37.8 Å². The quantitative estimate of drug-likeness (QED) is 0.141. The molecule has 0 aliphatic carbocycles. The maximum Gasteiger partial charge on any atom is 0.258 e. The van der Waals surface area contributed by atoms with E-state index in [0.29, 0.717) is 76.0 Å². The van der Waals surface area contributed by atoms with E-state index >= 15 is 0 Å². The third kappa shape index (κ3) is 10.4. The smallest absolute Gasteiger partial charge is 0.258 e. The van der Waals surface area contributed by atoms with Gasteiger partial charge in [0.25, 0.3) is 23.6 Å². The lowest BCUT2D eigenvalue weighted by molar-refractivity contribution is 0.0657. The number of hydrogen-bond acceptors (Lipinski definition) is 10. The number of benzene rings is 6. The molecule has 6 aromatic carbocycles. The predicted molar refractivity (Wildman–Crippen MR) is 294 cm³/mol. The van der Waals surface area contributed by atoms with E-state index in [2.05, 4.69) is 14.8 Å². The molecule has 0 atom stereocenters. The summed E-state index contributed by atoms with van der Waals surface area (Å²) in [5.74, 6) is -1.38. The van der Waals surface area contributed by atoms with Crippen LogP contribution in [0.4, 0.5) is 8.78 Å². The van der Waals surface area contributed by atoms with Crippen molar-refractivity contribution >= 4 is 45.4 Å². The van der Waals surface area contributed by atoms with E-state index in [4.69, 9.17) is 9.72 Å². The van der Waals surface area contributed by atoms with E-state index in [9.17, 15) is 33.1 Å². The number of fused-ring (bicyclic) bond motifs is 4. The first-order valence-electron chi connectivity index (χ1n) is 25.8. The van der Waals surface area contributed by atoms with Crippen LogP contribution in [0.1, 0.15) is 88.3 Å². The molecular weight excluding hydrogens is 991 g/mol. The first kappa shape index (κ1) is 52.8. The van der Waals surface area contributed by atoms with Gasteiger partial charge in [0, 0.05) is 113 Å². The summed E-state index contributed by atoms with van der Waals surface area (Å²) in [6.07, 6.45) is 2.68. The molecule has 0 spiro atoms. The number of aromatic hydroxyl groups is 1. The normalized spacial score (nSPS) is 15.6. The van der Waals surface area contributed by atoms with E-state index in [0.717, 1.165) is 48.4 Å². The number of carbonyl (C=O) groups excluding carboxylic acids is 4. The average molecular weight is 1050 g/mol. The Morgan fingerprint density at radius 1 is 0.551 bits per heavy atom. The molecule has 16 heteroatoms. The summed E-state index contributed by atoms with van der Waals surface area (Å²) in [6, 6.07) is 39.0. The van der Waals surface area contributed by atoms with Crippen LogP contribution in [0.15, 0.2) is 146 Å². The molecule has 0 bridgehead atoms. The largest absolute Gasteiger partial charge is 0.505 e. The van der Waals surface area contributed by atoms with Crippen LogP contribution in [-0.4, -0.2) is 135 Å². The van der Waals surface area contributed by atoms with Gasteiger partial charge in [0.05, 0.1) is 22.3 Å². The second-order valence-electron chi connectivity index (χ2n) is 20.0. The predicted octanol–water partition coefficient (Wildman–Crippen LogP) is 9.35. The molecule has 8 aromatic rings. The van der Waals surface area contributed by atoms with Crippen molar-refractivity contribution in [2.45, 2.75) is 39.7 Å². The molecule has 2 aromatic heterocycles. The minimum atomic E-state index is -0.528. The van der Waals surface area contributed by atoms with Gasteiger partial charge >= 0.3 is 0 Å². The summed E-state index contributed by atoms with van der Waals surface area (Å²) < 4.78 is 33.9. The molecule has 2 fully saturated rings. The lowest BCUT2D eigenvalue weighted by Crippen LogP contribution is -2.47. The molecule has 12 rings (SSSR count). The van der Waals surface area contributed by atoms with Crippen LogP contribution in [0.25, 0.3) is 21.8 Å². The van der Waals surface area contributed by atoms with Crippen LogP contribution in [0, 0.1) is 11.6 Å². The number of phenolic OH excluding ortho intramolecular Hbond substituents is 1. The third-order valence-corrected chi connectivity index (χ3v) is 15.0. The highest BCUT2D eigenvalue weighted by molar-refractivity contribution is 6.17. The third-order valence-electron chi connectivity index (χ3n) is 15.0. The van der Waals surface area contributed by atoms with Crippen molar-refractivity contribution in [3.8, 4) is 11.5 Å². The number of piperazine rings is 2. The number of ether oxygens (including phenoxy) is 1. The van der Waals surface area contributed by atoms with Crippen molar-refractivity contribution in [1.29, 1.82) is 0 Å². The zero-order chi connectivity index (χ0) is 53.3. The molecule has 1 N–H and O–H groups in total. The lowest BCUT2D eigenvalue weighted by atomic mass is 9.94. The SMILES string of the molecule is C.CN1CCN(C(=O)c2c3c(c(O)c4ncccc24)C(=O)N(Cc2ccc(F)cc2)C3)CC1.CN1CCN(C(=O)c2c3c(c(OC(c4ccccc4)c4ccccc4)c4ncccc24)C(=O)N(Cc2ccc(F)cc2)C3)CC1. The monoisotopic (exact) mass is 1050 g/mol. The molecule has 2 saturated heterocycles. The van der Waals surface area contributed by atoms with Crippen molar-refractivity contribution in [3.63, 3.8) is 0 Å². The molecule has 0 saturated carbocycles. The number of aromatic nitrogens is 2. The first-order valence-corrected chi connectivity index (χ1v) is 25.8. The Hall–Kier alpha value is -8.60. The van der Waals surface area contributed by atoms with Gasteiger partial charge in [-0.1, -0.05) is 104 Å². The number of pyridine rings is 2. The zero-order valence-corrected chi connectivity index (χ0v) is 42.7. The Labute approximate surface area is 451 Å². The second kappa shape index (κ2) is 22.5. The van der Waals surface area contributed by atoms with E-state index in [1.807, 2.05) is 91.8 Å². The maximum atomic E-state index is 14.4. The molecule has 4 amide bonds. The van der Waals surface area contributed by atoms with E-state index in [1.165, 1.54) is 30.5 Å². The van der Waals surface area contributed by atoms with Gasteiger partial charge in [-0.3, -0.25) is 29.1 Å². The van der Waals surface area contributed by atoms with Crippen molar-refractivity contribution in [1.82, 2.24) is 39.4 Å². The van der Waals surface area contributed by atoms with Gasteiger partial charge in [-0.15, -0.1) is 0 Å². The topological polar surface area (TPSA) is 143 Å². The Bertz CT molecular complexity index is 3500. The number of nitrogens with zero attached hydrogens (tertiary/aromatic N) is 8. The fraction of sp³-hybridized carbons (Fsp3) is 0.258. The fourth-order valence-corrected chi connectivity index (χ4v) is 10.8. The molecule has 4 aliphatic heterocycles. The summed E-state index contributed by atoms with van der Waals surface area (Å²) >= 11 is 0. The van der Waals surface area contributed by atoms with Gasteiger partial charge in [0.2, 0.25) is 0 Å². The Kier molecular flexibility index (Phi) is 15.3. The molecule has 14 nitrogen and oxygen atoms in total. The highest BCUT2D eigenvalue weighted by atomic mass is 19.1. The number of rotatable bonds is 10. The van der Waals surface area contributed by atoms with Gasteiger partial charge in [0.1, 0.15) is 28.8 Å². The molecule has 4 aliphatic rings. The van der Waals surface area contributed by atoms with E-state index in [1.54, 1.807) is 57.3 Å². The van der Waals surface area contributed by atoms with Crippen molar-refractivity contribution in [3.05, 3.63) is 213 Å². The molecular formula is C62H60F2N8O6. The van der Waals surface area contributed by atoms with Crippen LogP contribution in [0.5, 0.6) is 11.5 Å². The molecule has 78 heavy (non-hydrogen) atoms. The first-order chi connectivity index (χ1) is 37.4. The van der Waals surface area contributed by atoms with Crippen LogP contribution in [0.2, 0.25) is 0 Å². The number of likely N-dealkylation sites (N-methyl/N-ethyl adjacent to an activating group) is 2. The van der Waals surface area contributed by atoms with Gasteiger partial charge in [0.15, 0.2) is 11.5 Å². The highest BCUT2D eigenvalue weighted by Gasteiger charge is 2.41. The number of hydrogen-bond donors (Lipinski definition) is 1. The van der Waals surface area contributed by atoms with Crippen LogP contribution < -0.4 is 4.74 Å². The minimum absolute atomic E-state index is 0. The summed E-state index contributed by atoms with van der Waals surface area (Å²) in [5.41, 5.74) is 6.72. The molecule has 6 heterocycles. The summed E-state index contributed by atoms with van der Waals surface area (Å²) in [6.45, 7) is 6.42. The molecule has 0 radical (unpaired) electrons. The van der Waals surface area contributed by atoms with Crippen molar-refractivity contribution in [2.24, 2.45) is 0 Å². The van der Waals surface area contributed by atoms with Gasteiger partial charge in [-0.2, -0.15) is 0 Å². The van der Waals surface area contributed by atoms with Gasteiger partial charge in [-0.05, 0) is 72.7 Å². The highest BCUT2D eigenvalue weighted by Crippen LogP contribution is 2.45. The second-order valence-corrected chi connectivity index (χ2v) is 20.0. The van der Waals surface area contributed by atoms with Crippen LogP contribution in [-0.2, 0) is 26.2 Å². The lowest BCUT2D eigenvalue weighted by Gasteiger charge is -2.33. The Balaban J connectivity index is 0.000000184. The minimum Gasteiger partial charge on any atom is -0.505 e. The van der Waals surface area contributed by atoms with E-state index < -0.39 is 6.10 Å². The summed E-state index contributed by atoms with van der Waals surface area (Å²) in [4.78, 5) is 75.9. The number of phenols is 1. The van der Waals surface area contributed by atoms with Crippen molar-refractivity contribution in [2.75, 3.05) is 66.5 Å². The zero-order valence-electron chi connectivity index (χ0n) is 42.7. The van der Waals surface area contributed by atoms with E-state index in [-0.39, 0.29) is 85.7 Å². The average Bonchev–Trinajstić information content (AvgIpc) is 4.06. The summed E-state index contributed by atoms with van der Waals surface area (Å²) in [7, 11) is 4.07. The Morgan fingerprint density at radius 3 is 1.42 bits per heavy atom. The van der Waals surface area contributed by atoms with Gasteiger partial charge < -0.3 is 39.2 Å².